The minimum atomic E-state index is -0.877. The average molecular weight is 276 g/mol. The molecule has 0 bridgehead atoms. The first-order valence-corrected chi connectivity index (χ1v) is 7.33. The zero-order chi connectivity index (χ0) is 15.0. The van der Waals surface area contributed by atoms with E-state index in [2.05, 4.69) is 13.0 Å². The van der Waals surface area contributed by atoms with E-state index in [4.69, 9.17) is 9.39 Å². The van der Waals surface area contributed by atoms with Crippen LogP contribution in [0.1, 0.15) is 52.5 Å². The third-order valence-electron chi connectivity index (χ3n) is 4.49. The summed E-state index contributed by atoms with van der Waals surface area (Å²) in [6.45, 7) is 10.4. The molecule has 1 aliphatic rings. The molecule has 2 rings (SSSR count). The topological polar surface area (TPSA) is 38.7 Å². The maximum Gasteiger partial charge on any atom is 0.309 e. The van der Waals surface area contributed by atoms with E-state index in [1.165, 1.54) is 5.56 Å². The minimum Gasteiger partial charge on any atom is -0.493 e. The summed E-state index contributed by atoms with van der Waals surface area (Å²) >= 11 is 0. The van der Waals surface area contributed by atoms with Gasteiger partial charge in [0.25, 0.3) is 0 Å². The van der Waals surface area contributed by atoms with Crippen LogP contribution in [0.3, 0.4) is 0 Å². The third-order valence-corrected chi connectivity index (χ3v) is 4.49. The summed E-state index contributed by atoms with van der Waals surface area (Å²) in [6, 6.07) is 6.23. The van der Waals surface area contributed by atoms with E-state index in [1.807, 2.05) is 26.0 Å². The highest BCUT2D eigenvalue weighted by molar-refractivity contribution is 6.47. The number of fused-ring (bicyclic) bond motifs is 1. The van der Waals surface area contributed by atoms with E-state index < -0.39 is 11.2 Å². The number of benzene rings is 1. The second-order valence-electron chi connectivity index (χ2n) is 6.77. The maximum absolute atomic E-state index is 10.1. The van der Waals surface area contributed by atoms with Gasteiger partial charge in [-0.2, -0.15) is 0 Å². The summed E-state index contributed by atoms with van der Waals surface area (Å²) in [5.74, 6) is 1.52. The Hall–Kier alpha value is -0.995. The van der Waals surface area contributed by atoms with Gasteiger partial charge in [-0.1, -0.05) is 24.5 Å². The fourth-order valence-corrected chi connectivity index (χ4v) is 2.15. The molecule has 0 spiro atoms. The lowest BCUT2D eigenvalue weighted by Crippen LogP contribution is -2.49. The summed E-state index contributed by atoms with van der Waals surface area (Å²) in [4.78, 5) is 0. The quantitative estimate of drug-likeness (QED) is 0.856. The molecule has 1 aromatic rings. The zero-order valence-electron chi connectivity index (χ0n) is 13.2. The molecule has 0 radical (unpaired) electrons. The van der Waals surface area contributed by atoms with Crippen LogP contribution in [0.4, 0.5) is 0 Å². The van der Waals surface area contributed by atoms with Crippen molar-refractivity contribution in [2.75, 3.05) is 6.61 Å². The average Bonchev–Trinajstić information content (AvgIpc) is 2.36. The van der Waals surface area contributed by atoms with Crippen molar-refractivity contribution < 1.29 is 14.5 Å². The molecule has 4 heteroatoms. The van der Waals surface area contributed by atoms with Gasteiger partial charge in [-0.3, -0.25) is 0 Å². The van der Waals surface area contributed by atoms with E-state index in [0.717, 1.165) is 24.2 Å². The van der Waals surface area contributed by atoms with Crippen LogP contribution in [-0.2, 0) is 4.65 Å². The Balaban J connectivity index is 2.10. The van der Waals surface area contributed by atoms with Crippen molar-refractivity contribution in [2.45, 2.75) is 58.2 Å². The molecule has 0 amide bonds. The number of ether oxygens (including phenoxy) is 1. The molecule has 0 aromatic heterocycles. The summed E-state index contributed by atoms with van der Waals surface area (Å²) in [5, 5.41) is 10.1. The second kappa shape index (κ2) is 5.42. The maximum atomic E-state index is 10.1. The van der Waals surface area contributed by atoms with E-state index in [0.29, 0.717) is 13.4 Å². The largest absolute Gasteiger partial charge is 0.493 e. The summed E-state index contributed by atoms with van der Waals surface area (Å²) in [7, 11) is 0.497. The van der Waals surface area contributed by atoms with Crippen LogP contribution < -0.4 is 10.2 Å². The Kier molecular flexibility index (Phi) is 4.17. The van der Waals surface area contributed by atoms with Crippen molar-refractivity contribution >= 4 is 12.9 Å². The van der Waals surface area contributed by atoms with Crippen molar-refractivity contribution in [1.29, 1.82) is 0 Å². The summed E-state index contributed by atoms with van der Waals surface area (Å²) < 4.78 is 11.6. The predicted octanol–water partition coefficient (Wildman–Crippen LogP) is 2.12. The van der Waals surface area contributed by atoms with E-state index >= 15 is 0 Å². The Bertz CT molecular complexity index is 477. The first kappa shape index (κ1) is 15.4. The van der Waals surface area contributed by atoms with Crippen molar-refractivity contribution in [1.82, 2.24) is 0 Å². The molecule has 110 valence electrons. The molecule has 0 aliphatic carbocycles. The highest BCUT2D eigenvalue weighted by Crippen LogP contribution is 2.32. The van der Waals surface area contributed by atoms with Crippen LogP contribution in [0, 0.1) is 0 Å². The molecule has 3 nitrogen and oxygen atoms in total. The molecular formula is C16H25BO3. The normalized spacial score (nSPS) is 19.2. The van der Waals surface area contributed by atoms with Crippen molar-refractivity contribution in [2.24, 2.45) is 0 Å². The number of aliphatic hydroxyl groups is 1. The zero-order valence-corrected chi connectivity index (χ0v) is 13.2. The SMILES string of the molecule is CC1CCOc2ccc(BOC(C)(C)C(C)(C)O)cc21. The van der Waals surface area contributed by atoms with Crippen molar-refractivity contribution in [3.8, 4) is 5.75 Å². The third kappa shape index (κ3) is 3.18. The van der Waals surface area contributed by atoms with Crippen LogP contribution in [0.2, 0.25) is 0 Å². The molecular weight excluding hydrogens is 251 g/mol. The van der Waals surface area contributed by atoms with Gasteiger partial charge in [0.2, 0.25) is 0 Å². The van der Waals surface area contributed by atoms with Crippen LogP contribution in [0.25, 0.3) is 0 Å². The Morgan fingerprint density at radius 1 is 1.30 bits per heavy atom. The predicted molar refractivity (Wildman–Crippen MR) is 83.2 cm³/mol. The van der Waals surface area contributed by atoms with Crippen LogP contribution in [0.15, 0.2) is 18.2 Å². The molecule has 0 fully saturated rings. The standard InChI is InChI=1S/C16H25BO3/c1-11-8-9-19-14-7-6-12(10-13(11)14)17-20-16(4,5)15(2,3)18/h6-7,10-11,17-18H,8-9H2,1-5H3. The molecule has 20 heavy (non-hydrogen) atoms. The number of hydrogen-bond donors (Lipinski definition) is 1. The van der Waals surface area contributed by atoms with Gasteiger partial charge in [0, 0.05) is 0 Å². The highest BCUT2D eigenvalue weighted by Gasteiger charge is 2.35. The lowest BCUT2D eigenvalue weighted by Gasteiger charge is -2.37. The van der Waals surface area contributed by atoms with Crippen molar-refractivity contribution in [3.05, 3.63) is 23.8 Å². The smallest absolute Gasteiger partial charge is 0.309 e. The Morgan fingerprint density at radius 3 is 2.65 bits per heavy atom. The Morgan fingerprint density at radius 2 is 2.00 bits per heavy atom. The van der Waals surface area contributed by atoms with E-state index in [9.17, 15) is 5.11 Å². The first-order valence-electron chi connectivity index (χ1n) is 7.33. The molecule has 1 N–H and O–H groups in total. The van der Waals surface area contributed by atoms with Crippen LogP contribution in [0.5, 0.6) is 5.75 Å². The lowest BCUT2D eigenvalue weighted by molar-refractivity contribution is -0.0893. The van der Waals surface area contributed by atoms with Gasteiger partial charge in [-0.15, -0.1) is 0 Å². The van der Waals surface area contributed by atoms with E-state index in [1.54, 1.807) is 13.8 Å². The fraction of sp³-hybridized carbons (Fsp3) is 0.625. The highest BCUT2D eigenvalue weighted by atomic mass is 16.5. The van der Waals surface area contributed by atoms with Gasteiger partial charge in [0.15, 0.2) is 0 Å². The van der Waals surface area contributed by atoms with Gasteiger partial charge >= 0.3 is 7.48 Å². The van der Waals surface area contributed by atoms with Crippen LogP contribution in [-0.4, -0.2) is 30.4 Å². The molecule has 0 saturated heterocycles. The summed E-state index contributed by atoms with van der Waals surface area (Å²) in [6.07, 6.45) is 1.06. The molecule has 1 aliphatic heterocycles. The Labute approximate surface area is 122 Å². The number of hydrogen-bond acceptors (Lipinski definition) is 3. The molecule has 1 heterocycles. The van der Waals surface area contributed by atoms with Gasteiger partial charge in [0.05, 0.1) is 17.8 Å². The second-order valence-corrected chi connectivity index (χ2v) is 6.77. The van der Waals surface area contributed by atoms with Gasteiger partial charge in [-0.25, -0.2) is 0 Å². The molecule has 0 saturated carbocycles. The van der Waals surface area contributed by atoms with Gasteiger partial charge in [-0.05, 0) is 51.7 Å². The van der Waals surface area contributed by atoms with Gasteiger partial charge < -0.3 is 14.5 Å². The molecule has 1 atom stereocenters. The lowest BCUT2D eigenvalue weighted by atomic mass is 9.80. The molecule has 1 unspecified atom stereocenters. The number of rotatable bonds is 4. The van der Waals surface area contributed by atoms with E-state index in [-0.39, 0.29) is 0 Å². The monoisotopic (exact) mass is 276 g/mol. The van der Waals surface area contributed by atoms with Crippen LogP contribution >= 0.6 is 0 Å². The molecule has 1 aromatic carbocycles. The first-order chi connectivity index (χ1) is 9.21. The van der Waals surface area contributed by atoms with Crippen molar-refractivity contribution in [3.63, 3.8) is 0 Å². The van der Waals surface area contributed by atoms with Gasteiger partial charge in [0.1, 0.15) is 5.75 Å². The fourth-order valence-electron chi connectivity index (χ4n) is 2.15. The minimum absolute atomic E-state index is 0.497. The summed E-state index contributed by atoms with van der Waals surface area (Å²) in [5.41, 5.74) is 0.916.